The van der Waals surface area contributed by atoms with Crippen molar-refractivity contribution in [2.24, 2.45) is 0 Å². The molecule has 0 amide bonds. The normalized spacial score (nSPS) is 11.3. The van der Waals surface area contributed by atoms with Gasteiger partial charge in [0.15, 0.2) is 0 Å². The van der Waals surface area contributed by atoms with E-state index in [0.29, 0.717) is 0 Å². The predicted octanol–water partition coefficient (Wildman–Crippen LogP) is 8.74. The van der Waals surface area contributed by atoms with E-state index in [4.69, 9.17) is 0 Å². The zero-order valence-electron chi connectivity index (χ0n) is 19.4. The Kier molecular flexibility index (Phi) is 5.24. The highest BCUT2D eigenvalue weighted by Gasteiger charge is 2.10. The first-order valence-corrected chi connectivity index (χ1v) is 12.0. The largest absolute Gasteiger partial charge is 0.336 e. The summed E-state index contributed by atoms with van der Waals surface area (Å²) >= 11 is 0. The van der Waals surface area contributed by atoms with Gasteiger partial charge in [-0.1, -0.05) is 116 Å². The second-order valence-corrected chi connectivity index (χ2v) is 8.95. The van der Waals surface area contributed by atoms with Crippen LogP contribution in [0.15, 0.2) is 121 Å². The fourth-order valence-electron chi connectivity index (χ4n) is 4.98. The van der Waals surface area contributed by atoms with Crippen molar-refractivity contribution in [1.82, 2.24) is 4.57 Å². The van der Waals surface area contributed by atoms with Crippen molar-refractivity contribution in [3.05, 3.63) is 132 Å². The molecule has 0 atom stereocenters. The van der Waals surface area contributed by atoms with Gasteiger partial charge in [0.2, 0.25) is 0 Å². The van der Waals surface area contributed by atoms with Crippen LogP contribution in [-0.2, 0) is 13.0 Å². The molecule has 0 saturated heterocycles. The number of aryl methyl sites for hydroxylation is 1. The number of hydrogen-bond donors (Lipinski definition) is 0. The third-order valence-corrected chi connectivity index (χ3v) is 6.86. The molecule has 0 N–H and O–H groups in total. The first-order chi connectivity index (χ1) is 16.8. The lowest BCUT2D eigenvalue weighted by Crippen LogP contribution is -1.99. The van der Waals surface area contributed by atoms with E-state index in [-0.39, 0.29) is 0 Å². The van der Waals surface area contributed by atoms with Crippen molar-refractivity contribution >= 4 is 21.8 Å². The standard InChI is InChI=1S/C33H27N/c1-2-24-8-7-9-29(22-24)28-20-18-27(19-21-28)26-16-14-25(15-17-26)23-34-32-12-5-3-10-30(32)31-11-4-6-13-33(31)34/h3-22H,2,23H2,1H3. The molecular weight excluding hydrogens is 410 g/mol. The smallest absolute Gasteiger partial charge is 0.0494 e. The molecule has 34 heavy (non-hydrogen) atoms. The summed E-state index contributed by atoms with van der Waals surface area (Å²) < 4.78 is 2.43. The minimum Gasteiger partial charge on any atom is -0.336 e. The topological polar surface area (TPSA) is 4.93 Å². The summed E-state index contributed by atoms with van der Waals surface area (Å²) in [6.45, 7) is 3.06. The zero-order valence-corrected chi connectivity index (χ0v) is 19.4. The van der Waals surface area contributed by atoms with Crippen LogP contribution in [0, 0.1) is 0 Å². The van der Waals surface area contributed by atoms with Gasteiger partial charge in [0.1, 0.15) is 0 Å². The first-order valence-electron chi connectivity index (χ1n) is 12.0. The molecule has 6 aromatic rings. The predicted molar refractivity (Wildman–Crippen MR) is 145 cm³/mol. The Labute approximate surface area is 200 Å². The van der Waals surface area contributed by atoms with Crippen molar-refractivity contribution < 1.29 is 0 Å². The number of aromatic nitrogens is 1. The molecule has 0 bridgehead atoms. The lowest BCUT2D eigenvalue weighted by molar-refractivity contribution is 0.869. The average Bonchev–Trinajstić information content (AvgIpc) is 3.23. The minimum absolute atomic E-state index is 0.862. The maximum absolute atomic E-state index is 2.43. The third-order valence-electron chi connectivity index (χ3n) is 6.86. The Bertz CT molecular complexity index is 1530. The molecule has 0 radical (unpaired) electrons. The van der Waals surface area contributed by atoms with Crippen LogP contribution in [-0.4, -0.2) is 4.57 Å². The van der Waals surface area contributed by atoms with Gasteiger partial charge in [0.25, 0.3) is 0 Å². The Hall–Kier alpha value is -4.10. The van der Waals surface area contributed by atoms with Gasteiger partial charge in [-0.25, -0.2) is 0 Å². The molecule has 0 saturated carbocycles. The highest BCUT2D eigenvalue weighted by molar-refractivity contribution is 6.08. The summed E-state index contributed by atoms with van der Waals surface area (Å²) in [7, 11) is 0. The average molecular weight is 438 g/mol. The number of rotatable bonds is 5. The van der Waals surface area contributed by atoms with Crippen molar-refractivity contribution in [2.45, 2.75) is 19.9 Å². The Balaban J connectivity index is 1.28. The number of benzene rings is 5. The van der Waals surface area contributed by atoms with Gasteiger partial charge in [-0.3, -0.25) is 0 Å². The van der Waals surface area contributed by atoms with Crippen LogP contribution >= 0.6 is 0 Å². The van der Waals surface area contributed by atoms with Crippen LogP contribution in [0.25, 0.3) is 44.1 Å². The maximum atomic E-state index is 2.43. The van der Waals surface area contributed by atoms with E-state index in [2.05, 4.69) is 133 Å². The molecule has 0 aliphatic carbocycles. The number of hydrogen-bond acceptors (Lipinski definition) is 0. The summed E-state index contributed by atoms with van der Waals surface area (Å²) in [6, 6.07) is 44.2. The summed E-state index contributed by atoms with van der Waals surface area (Å²) in [5, 5.41) is 2.64. The van der Waals surface area contributed by atoms with Crippen molar-refractivity contribution in [3.63, 3.8) is 0 Å². The third kappa shape index (κ3) is 3.70. The lowest BCUT2D eigenvalue weighted by Gasteiger charge is -2.10. The Morgan fingerprint density at radius 1 is 0.471 bits per heavy atom. The first kappa shape index (κ1) is 20.5. The van der Waals surface area contributed by atoms with E-state index in [1.807, 2.05) is 0 Å². The second-order valence-electron chi connectivity index (χ2n) is 8.95. The van der Waals surface area contributed by atoms with Gasteiger partial charge in [-0.2, -0.15) is 0 Å². The molecule has 0 unspecified atom stereocenters. The van der Waals surface area contributed by atoms with Crippen LogP contribution < -0.4 is 0 Å². The highest BCUT2D eigenvalue weighted by Crippen LogP contribution is 2.30. The molecular formula is C33H27N. The van der Waals surface area contributed by atoms with Gasteiger partial charge in [-0.05, 0) is 51.9 Å². The summed E-state index contributed by atoms with van der Waals surface area (Å²) in [4.78, 5) is 0. The van der Waals surface area contributed by atoms with Gasteiger partial charge in [0, 0.05) is 28.4 Å². The number of para-hydroxylation sites is 2. The van der Waals surface area contributed by atoms with Crippen LogP contribution in [0.1, 0.15) is 18.1 Å². The molecule has 5 aromatic carbocycles. The molecule has 0 aliphatic heterocycles. The molecule has 1 aromatic heterocycles. The Morgan fingerprint density at radius 2 is 1.00 bits per heavy atom. The van der Waals surface area contributed by atoms with E-state index >= 15 is 0 Å². The van der Waals surface area contributed by atoms with Crippen LogP contribution in [0.5, 0.6) is 0 Å². The van der Waals surface area contributed by atoms with E-state index < -0.39 is 0 Å². The molecule has 1 heterocycles. The monoisotopic (exact) mass is 437 g/mol. The SMILES string of the molecule is CCc1cccc(-c2ccc(-c3ccc(Cn4c5ccccc5c5ccccc54)cc3)cc2)c1. The quantitative estimate of drug-likeness (QED) is 0.254. The van der Waals surface area contributed by atoms with E-state index in [1.54, 1.807) is 0 Å². The maximum Gasteiger partial charge on any atom is 0.0494 e. The van der Waals surface area contributed by atoms with Crippen molar-refractivity contribution in [3.8, 4) is 22.3 Å². The van der Waals surface area contributed by atoms with Crippen molar-refractivity contribution in [1.29, 1.82) is 0 Å². The number of fused-ring (bicyclic) bond motifs is 3. The van der Waals surface area contributed by atoms with Crippen molar-refractivity contribution in [2.75, 3.05) is 0 Å². The highest BCUT2D eigenvalue weighted by atomic mass is 15.0. The van der Waals surface area contributed by atoms with E-state index in [9.17, 15) is 0 Å². The molecule has 164 valence electrons. The summed E-state index contributed by atoms with van der Waals surface area (Å²) in [5.41, 5.74) is 10.3. The fourth-order valence-corrected chi connectivity index (χ4v) is 4.98. The molecule has 0 spiro atoms. The van der Waals surface area contributed by atoms with E-state index in [1.165, 1.54) is 55.2 Å². The fraction of sp³-hybridized carbons (Fsp3) is 0.0909. The van der Waals surface area contributed by atoms with Crippen LogP contribution in [0.4, 0.5) is 0 Å². The van der Waals surface area contributed by atoms with Gasteiger partial charge in [-0.15, -0.1) is 0 Å². The van der Waals surface area contributed by atoms with Gasteiger partial charge < -0.3 is 4.57 Å². The summed E-state index contributed by atoms with van der Waals surface area (Å²) in [5.74, 6) is 0. The van der Waals surface area contributed by atoms with Gasteiger partial charge >= 0.3 is 0 Å². The van der Waals surface area contributed by atoms with Crippen LogP contribution in [0.2, 0.25) is 0 Å². The van der Waals surface area contributed by atoms with E-state index in [0.717, 1.165) is 13.0 Å². The van der Waals surface area contributed by atoms with Crippen LogP contribution in [0.3, 0.4) is 0 Å². The lowest BCUT2D eigenvalue weighted by atomic mass is 9.98. The minimum atomic E-state index is 0.862. The molecule has 6 rings (SSSR count). The zero-order chi connectivity index (χ0) is 22.9. The molecule has 0 aliphatic rings. The number of nitrogens with zero attached hydrogens (tertiary/aromatic N) is 1. The Morgan fingerprint density at radius 3 is 1.59 bits per heavy atom. The molecule has 1 heteroatoms. The molecule has 0 fully saturated rings. The molecule has 1 nitrogen and oxygen atoms in total. The summed E-state index contributed by atoms with van der Waals surface area (Å²) in [6.07, 6.45) is 1.06. The second kappa shape index (κ2) is 8.68. The van der Waals surface area contributed by atoms with Gasteiger partial charge in [0.05, 0.1) is 0 Å².